The highest BCUT2D eigenvalue weighted by Crippen LogP contribution is 1.77. The summed E-state index contributed by atoms with van der Waals surface area (Å²) >= 11 is 0. The highest BCUT2D eigenvalue weighted by molar-refractivity contribution is 5.64. The second kappa shape index (κ2) is 3.73. The van der Waals surface area contributed by atoms with Crippen molar-refractivity contribution in [3.05, 3.63) is 12.3 Å². The third-order valence-electron chi connectivity index (χ3n) is 0.540. The minimum Gasteiger partial charge on any atom is -0.516 e. The molecule has 0 bridgehead atoms. The molecule has 0 aromatic heterocycles. The van der Waals surface area contributed by atoms with E-state index in [1.54, 1.807) is 5.32 Å². The molecule has 0 aliphatic heterocycles. The number of rotatable bonds is 2. The fourth-order valence-corrected chi connectivity index (χ4v) is 0.256. The zero-order valence-electron chi connectivity index (χ0n) is 4.48. The van der Waals surface area contributed by atoms with Crippen molar-refractivity contribution in [3.8, 4) is 0 Å². The molecule has 9 heavy (non-hydrogen) atoms. The van der Waals surface area contributed by atoms with Crippen LogP contribution in [0.5, 0.6) is 0 Å². The van der Waals surface area contributed by atoms with Gasteiger partial charge in [0.25, 0.3) is 0 Å². The first-order chi connectivity index (χ1) is 4.16. The maximum atomic E-state index is 9.70. The van der Waals surface area contributed by atoms with Crippen LogP contribution in [0.3, 0.4) is 0 Å². The average Bonchev–Trinajstić information content (AvgIpc) is 1.63. The van der Waals surface area contributed by atoms with Crippen LogP contribution in [0, 0.1) is 0 Å². The summed E-state index contributed by atoms with van der Waals surface area (Å²) in [5, 5.41) is 26.0. The number of nitrogens with one attached hydrogen (secondary N) is 1. The first-order valence-electron chi connectivity index (χ1n) is 2.15. The van der Waals surface area contributed by atoms with E-state index in [4.69, 9.17) is 15.3 Å². The Kier molecular flexibility index (Phi) is 3.22. The maximum absolute atomic E-state index is 9.70. The molecule has 5 heteroatoms. The summed E-state index contributed by atoms with van der Waals surface area (Å²) in [6.07, 6.45) is -1.25. The molecular weight excluding hydrogens is 126 g/mol. The SMILES string of the molecule is O=C(O)NC(O)C=CO. The highest BCUT2D eigenvalue weighted by Gasteiger charge is 1.99. The van der Waals surface area contributed by atoms with Gasteiger partial charge >= 0.3 is 6.09 Å². The lowest BCUT2D eigenvalue weighted by molar-refractivity contribution is 0.148. The van der Waals surface area contributed by atoms with Gasteiger partial charge in [-0.15, -0.1) is 0 Å². The number of hydrogen-bond acceptors (Lipinski definition) is 3. The monoisotopic (exact) mass is 133 g/mol. The van der Waals surface area contributed by atoms with E-state index < -0.39 is 12.3 Å². The molecule has 52 valence electrons. The standard InChI is InChI=1S/C4H7NO4/c6-2-1-3(7)5-4(8)9/h1-3,5-7H,(H,8,9). The van der Waals surface area contributed by atoms with E-state index in [-0.39, 0.29) is 0 Å². The van der Waals surface area contributed by atoms with Crippen molar-refractivity contribution in [1.29, 1.82) is 0 Å². The Morgan fingerprint density at radius 1 is 1.67 bits per heavy atom. The second-order valence-electron chi connectivity index (χ2n) is 1.24. The highest BCUT2D eigenvalue weighted by atomic mass is 16.4. The summed E-state index contributed by atoms with van der Waals surface area (Å²) in [6, 6.07) is 0. The largest absolute Gasteiger partial charge is 0.516 e. The molecule has 1 unspecified atom stereocenters. The molecule has 1 amide bonds. The third kappa shape index (κ3) is 4.63. The van der Waals surface area contributed by atoms with Crippen LogP contribution in [0.2, 0.25) is 0 Å². The molecule has 0 aromatic rings. The summed E-state index contributed by atoms with van der Waals surface area (Å²) < 4.78 is 0. The molecule has 5 nitrogen and oxygen atoms in total. The second-order valence-corrected chi connectivity index (χ2v) is 1.24. The number of carbonyl (C=O) groups is 1. The van der Waals surface area contributed by atoms with Gasteiger partial charge in [0.1, 0.15) is 0 Å². The van der Waals surface area contributed by atoms with Crippen LogP contribution >= 0.6 is 0 Å². The van der Waals surface area contributed by atoms with Crippen molar-refractivity contribution >= 4 is 6.09 Å². The molecule has 0 spiro atoms. The summed E-state index contributed by atoms with van der Waals surface area (Å²) in [4.78, 5) is 9.70. The van der Waals surface area contributed by atoms with Gasteiger partial charge in [-0.1, -0.05) is 0 Å². The Hall–Kier alpha value is -1.23. The molecule has 0 saturated heterocycles. The van der Waals surface area contributed by atoms with Gasteiger partial charge in [0.2, 0.25) is 0 Å². The first kappa shape index (κ1) is 7.77. The van der Waals surface area contributed by atoms with E-state index in [0.29, 0.717) is 6.26 Å². The molecule has 0 rings (SSSR count). The van der Waals surface area contributed by atoms with Gasteiger partial charge in [-0.2, -0.15) is 0 Å². The predicted octanol–water partition coefficient (Wildman–Crippen LogP) is -0.356. The van der Waals surface area contributed by atoms with E-state index in [9.17, 15) is 4.79 Å². The van der Waals surface area contributed by atoms with Crippen molar-refractivity contribution in [1.82, 2.24) is 5.32 Å². The lowest BCUT2D eigenvalue weighted by atomic mass is 10.5. The maximum Gasteiger partial charge on any atom is 0.406 e. The summed E-state index contributed by atoms with van der Waals surface area (Å²) in [7, 11) is 0. The number of hydrogen-bond donors (Lipinski definition) is 4. The molecule has 0 fully saturated rings. The topological polar surface area (TPSA) is 89.8 Å². The molecule has 1 atom stereocenters. The van der Waals surface area contributed by atoms with Gasteiger partial charge in [-0.3, -0.25) is 5.32 Å². The van der Waals surface area contributed by atoms with E-state index in [1.807, 2.05) is 0 Å². The van der Waals surface area contributed by atoms with Gasteiger partial charge < -0.3 is 15.3 Å². The van der Waals surface area contributed by atoms with Crippen molar-refractivity contribution < 1.29 is 20.1 Å². The zero-order valence-corrected chi connectivity index (χ0v) is 4.48. The lowest BCUT2D eigenvalue weighted by Gasteiger charge is -2.01. The lowest BCUT2D eigenvalue weighted by Crippen LogP contribution is -2.31. The van der Waals surface area contributed by atoms with Crippen LogP contribution in [0.25, 0.3) is 0 Å². The molecule has 0 aromatic carbocycles. The Balaban J connectivity index is 3.50. The normalized spacial score (nSPS) is 13.4. The van der Waals surface area contributed by atoms with Crippen molar-refractivity contribution in [2.24, 2.45) is 0 Å². The van der Waals surface area contributed by atoms with Crippen molar-refractivity contribution in [3.63, 3.8) is 0 Å². The Bertz CT molecular complexity index is 122. The van der Waals surface area contributed by atoms with Crippen LogP contribution in [-0.4, -0.2) is 27.6 Å². The molecule has 0 heterocycles. The number of amides is 1. The van der Waals surface area contributed by atoms with Gasteiger partial charge in [0.05, 0.1) is 6.26 Å². The third-order valence-corrected chi connectivity index (χ3v) is 0.540. The molecule has 0 aliphatic rings. The Labute approximate surface area is 51.2 Å². The van der Waals surface area contributed by atoms with Crippen molar-refractivity contribution in [2.45, 2.75) is 6.23 Å². The average molecular weight is 133 g/mol. The number of aliphatic hydroxyl groups excluding tert-OH is 2. The number of carboxylic acid groups (broad SMARTS) is 1. The van der Waals surface area contributed by atoms with E-state index in [0.717, 1.165) is 6.08 Å². The van der Waals surface area contributed by atoms with Crippen LogP contribution in [0.4, 0.5) is 4.79 Å². The molecule has 4 N–H and O–H groups in total. The van der Waals surface area contributed by atoms with Gasteiger partial charge in [0.15, 0.2) is 6.23 Å². The minimum atomic E-state index is -1.35. The van der Waals surface area contributed by atoms with Crippen LogP contribution in [-0.2, 0) is 0 Å². The molecule has 0 radical (unpaired) electrons. The van der Waals surface area contributed by atoms with E-state index in [1.165, 1.54) is 0 Å². The van der Waals surface area contributed by atoms with Crippen LogP contribution in [0.1, 0.15) is 0 Å². The smallest absolute Gasteiger partial charge is 0.406 e. The van der Waals surface area contributed by atoms with Gasteiger partial charge in [-0.25, -0.2) is 4.79 Å². The van der Waals surface area contributed by atoms with E-state index in [2.05, 4.69) is 0 Å². The molecular formula is C4H7NO4. The summed E-state index contributed by atoms with van der Waals surface area (Å²) in [6.45, 7) is 0. The summed E-state index contributed by atoms with van der Waals surface area (Å²) in [5.74, 6) is 0. The zero-order chi connectivity index (χ0) is 7.28. The van der Waals surface area contributed by atoms with Crippen LogP contribution in [0.15, 0.2) is 12.3 Å². The Morgan fingerprint density at radius 3 is 2.56 bits per heavy atom. The fraction of sp³-hybridized carbons (Fsp3) is 0.250. The van der Waals surface area contributed by atoms with Crippen molar-refractivity contribution in [2.75, 3.05) is 0 Å². The Morgan fingerprint density at radius 2 is 2.22 bits per heavy atom. The van der Waals surface area contributed by atoms with Crippen LogP contribution < -0.4 is 5.32 Å². The van der Waals surface area contributed by atoms with Gasteiger partial charge in [0, 0.05) is 0 Å². The fourth-order valence-electron chi connectivity index (χ4n) is 0.256. The summed E-state index contributed by atoms with van der Waals surface area (Å²) in [5.41, 5.74) is 0. The first-order valence-corrected chi connectivity index (χ1v) is 2.15. The van der Waals surface area contributed by atoms with Gasteiger partial charge in [-0.05, 0) is 6.08 Å². The quantitative estimate of drug-likeness (QED) is 0.306. The predicted molar refractivity (Wildman–Crippen MR) is 28.9 cm³/mol. The molecule has 0 saturated carbocycles. The number of aliphatic hydroxyl groups is 2. The van der Waals surface area contributed by atoms with E-state index >= 15 is 0 Å². The minimum absolute atomic E-state index is 0.556. The molecule has 0 aliphatic carbocycles.